The Morgan fingerprint density at radius 2 is 2.19 bits per heavy atom. The number of aryl methyl sites for hydroxylation is 1. The zero-order valence-electron chi connectivity index (χ0n) is 9.53. The SMILES string of the molecule is C#CCNCCn1c(C)cc2ccccc21. The van der Waals surface area contributed by atoms with Crippen LogP contribution in [0.3, 0.4) is 0 Å². The highest BCUT2D eigenvalue weighted by Gasteiger charge is 2.03. The maximum Gasteiger partial charge on any atom is 0.0574 e. The molecule has 1 heterocycles. The molecule has 0 aliphatic carbocycles. The van der Waals surface area contributed by atoms with Gasteiger partial charge in [-0.2, -0.15) is 0 Å². The molecule has 0 amide bonds. The van der Waals surface area contributed by atoms with Crippen molar-refractivity contribution in [1.29, 1.82) is 0 Å². The van der Waals surface area contributed by atoms with E-state index in [-0.39, 0.29) is 0 Å². The zero-order chi connectivity index (χ0) is 11.4. The summed E-state index contributed by atoms with van der Waals surface area (Å²) in [6, 6.07) is 10.7. The lowest BCUT2D eigenvalue weighted by Gasteiger charge is -2.08. The van der Waals surface area contributed by atoms with Gasteiger partial charge in [-0.1, -0.05) is 24.1 Å². The lowest BCUT2D eigenvalue weighted by molar-refractivity contribution is 0.634. The van der Waals surface area contributed by atoms with Gasteiger partial charge in [-0.25, -0.2) is 0 Å². The Kier molecular flexibility index (Phi) is 3.28. The van der Waals surface area contributed by atoms with Gasteiger partial charge in [-0.3, -0.25) is 0 Å². The first-order valence-electron chi connectivity index (χ1n) is 5.52. The third-order valence-electron chi connectivity index (χ3n) is 2.76. The molecule has 0 fully saturated rings. The van der Waals surface area contributed by atoms with Crippen molar-refractivity contribution in [3.05, 3.63) is 36.0 Å². The van der Waals surface area contributed by atoms with Crippen molar-refractivity contribution in [2.75, 3.05) is 13.1 Å². The minimum absolute atomic E-state index is 0.637. The van der Waals surface area contributed by atoms with Crippen LogP contribution >= 0.6 is 0 Å². The van der Waals surface area contributed by atoms with Crippen LogP contribution in [0.25, 0.3) is 10.9 Å². The Labute approximate surface area is 96.3 Å². The van der Waals surface area contributed by atoms with Crippen LogP contribution in [-0.4, -0.2) is 17.7 Å². The lowest BCUT2D eigenvalue weighted by atomic mass is 10.2. The molecule has 0 atom stereocenters. The largest absolute Gasteiger partial charge is 0.344 e. The molecule has 0 aliphatic rings. The highest BCUT2D eigenvalue weighted by molar-refractivity contribution is 5.81. The summed E-state index contributed by atoms with van der Waals surface area (Å²) in [5, 5.41) is 4.51. The number of hydrogen-bond acceptors (Lipinski definition) is 1. The summed E-state index contributed by atoms with van der Waals surface area (Å²) in [5.74, 6) is 2.58. The molecule has 82 valence electrons. The van der Waals surface area contributed by atoms with Crippen LogP contribution in [0.4, 0.5) is 0 Å². The average molecular weight is 212 g/mol. The fraction of sp³-hybridized carbons (Fsp3) is 0.286. The van der Waals surface area contributed by atoms with E-state index in [0.717, 1.165) is 13.1 Å². The number of rotatable bonds is 4. The number of benzene rings is 1. The molecule has 2 aromatic rings. The molecule has 0 aliphatic heterocycles. The molecular formula is C14H16N2. The first kappa shape index (κ1) is 10.8. The van der Waals surface area contributed by atoms with Gasteiger partial charge in [0.05, 0.1) is 6.54 Å². The van der Waals surface area contributed by atoms with Gasteiger partial charge in [-0.15, -0.1) is 6.42 Å². The second kappa shape index (κ2) is 4.87. The Balaban J connectivity index is 2.17. The predicted molar refractivity (Wildman–Crippen MR) is 68.4 cm³/mol. The van der Waals surface area contributed by atoms with Gasteiger partial charge in [-0.05, 0) is 24.4 Å². The Morgan fingerprint density at radius 1 is 1.38 bits per heavy atom. The molecule has 0 bridgehead atoms. The van der Waals surface area contributed by atoms with E-state index in [2.05, 4.69) is 53.1 Å². The van der Waals surface area contributed by atoms with Crippen molar-refractivity contribution in [3.8, 4) is 12.3 Å². The second-order valence-electron chi connectivity index (χ2n) is 3.88. The number of aromatic nitrogens is 1. The minimum Gasteiger partial charge on any atom is -0.344 e. The molecule has 2 rings (SSSR count). The molecular weight excluding hydrogens is 196 g/mol. The van der Waals surface area contributed by atoms with Crippen molar-refractivity contribution < 1.29 is 0 Å². The van der Waals surface area contributed by atoms with Crippen LogP contribution in [0.1, 0.15) is 5.69 Å². The van der Waals surface area contributed by atoms with Gasteiger partial charge in [0.25, 0.3) is 0 Å². The fourth-order valence-corrected chi connectivity index (χ4v) is 2.00. The molecule has 0 spiro atoms. The van der Waals surface area contributed by atoms with Crippen molar-refractivity contribution in [3.63, 3.8) is 0 Å². The molecule has 0 saturated carbocycles. The highest BCUT2D eigenvalue weighted by atomic mass is 15.0. The lowest BCUT2D eigenvalue weighted by Crippen LogP contribution is -2.20. The van der Waals surface area contributed by atoms with E-state index in [0.29, 0.717) is 6.54 Å². The number of hydrogen-bond donors (Lipinski definition) is 1. The van der Waals surface area contributed by atoms with Crippen LogP contribution in [-0.2, 0) is 6.54 Å². The van der Waals surface area contributed by atoms with E-state index in [1.807, 2.05) is 0 Å². The molecule has 1 aromatic heterocycles. The minimum atomic E-state index is 0.637. The molecule has 0 radical (unpaired) electrons. The van der Waals surface area contributed by atoms with Gasteiger partial charge >= 0.3 is 0 Å². The van der Waals surface area contributed by atoms with E-state index < -0.39 is 0 Å². The molecule has 2 nitrogen and oxygen atoms in total. The van der Waals surface area contributed by atoms with Gasteiger partial charge in [0, 0.05) is 24.3 Å². The van der Waals surface area contributed by atoms with Crippen molar-refractivity contribution in [2.45, 2.75) is 13.5 Å². The molecule has 16 heavy (non-hydrogen) atoms. The summed E-state index contributed by atoms with van der Waals surface area (Å²) in [5.41, 5.74) is 2.59. The summed E-state index contributed by atoms with van der Waals surface area (Å²) in [6.07, 6.45) is 5.19. The first-order chi connectivity index (χ1) is 7.83. The average Bonchev–Trinajstić information content (AvgIpc) is 2.61. The van der Waals surface area contributed by atoms with Crippen LogP contribution in [0.5, 0.6) is 0 Å². The van der Waals surface area contributed by atoms with E-state index in [4.69, 9.17) is 6.42 Å². The maximum atomic E-state index is 5.19. The summed E-state index contributed by atoms with van der Waals surface area (Å²) in [4.78, 5) is 0. The predicted octanol–water partition coefficient (Wildman–Crippen LogP) is 2.17. The van der Waals surface area contributed by atoms with Crippen molar-refractivity contribution in [1.82, 2.24) is 9.88 Å². The summed E-state index contributed by atoms with van der Waals surface area (Å²) in [6.45, 7) is 4.64. The summed E-state index contributed by atoms with van der Waals surface area (Å²) < 4.78 is 2.32. The fourth-order valence-electron chi connectivity index (χ4n) is 2.00. The first-order valence-corrected chi connectivity index (χ1v) is 5.52. The van der Waals surface area contributed by atoms with Crippen molar-refractivity contribution >= 4 is 10.9 Å². The smallest absolute Gasteiger partial charge is 0.0574 e. The number of nitrogens with zero attached hydrogens (tertiary/aromatic N) is 1. The topological polar surface area (TPSA) is 17.0 Å². The van der Waals surface area contributed by atoms with Crippen LogP contribution in [0.2, 0.25) is 0 Å². The normalized spacial score (nSPS) is 10.5. The third kappa shape index (κ3) is 2.10. The van der Waals surface area contributed by atoms with Crippen LogP contribution in [0, 0.1) is 19.3 Å². The van der Waals surface area contributed by atoms with E-state index in [9.17, 15) is 0 Å². The van der Waals surface area contributed by atoms with Gasteiger partial charge in [0.2, 0.25) is 0 Å². The second-order valence-corrected chi connectivity index (χ2v) is 3.88. The molecule has 2 heteroatoms. The van der Waals surface area contributed by atoms with E-state index in [1.165, 1.54) is 16.6 Å². The third-order valence-corrected chi connectivity index (χ3v) is 2.76. The van der Waals surface area contributed by atoms with Gasteiger partial charge in [0.15, 0.2) is 0 Å². The Morgan fingerprint density at radius 3 is 3.00 bits per heavy atom. The molecule has 0 saturated heterocycles. The molecule has 0 unspecified atom stereocenters. The molecule has 1 N–H and O–H groups in total. The number of fused-ring (bicyclic) bond motifs is 1. The van der Waals surface area contributed by atoms with Crippen LogP contribution < -0.4 is 5.32 Å². The monoisotopic (exact) mass is 212 g/mol. The maximum absolute atomic E-state index is 5.19. The zero-order valence-corrected chi connectivity index (χ0v) is 9.53. The van der Waals surface area contributed by atoms with E-state index >= 15 is 0 Å². The number of terminal acetylenes is 1. The Bertz CT molecular complexity index is 517. The van der Waals surface area contributed by atoms with Gasteiger partial charge in [0.1, 0.15) is 0 Å². The number of para-hydroxylation sites is 1. The summed E-state index contributed by atoms with van der Waals surface area (Å²) in [7, 11) is 0. The van der Waals surface area contributed by atoms with Crippen molar-refractivity contribution in [2.24, 2.45) is 0 Å². The summed E-state index contributed by atoms with van der Waals surface area (Å²) >= 11 is 0. The van der Waals surface area contributed by atoms with Gasteiger partial charge < -0.3 is 9.88 Å². The highest BCUT2D eigenvalue weighted by Crippen LogP contribution is 2.18. The molecule has 1 aromatic carbocycles. The standard InChI is InChI=1S/C14H16N2/c1-3-8-15-9-10-16-12(2)11-13-6-4-5-7-14(13)16/h1,4-7,11,15H,8-10H2,2H3. The Hall–Kier alpha value is -1.72. The van der Waals surface area contributed by atoms with Crippen LogP contribution in [0.15, 0.2) is 30.3 Å². The quantitative estimate of drug-likeness (QED) is 0.607. The van der Waals surface area contributed by atoms with E-state index in [1.54, 1.807) is 0 Å². The number of nitrogens with one attached hydrogen (secondary N) is 1.